The van der Waals surface area contributed by atoms with Gasteiger partial charge in [-0.05, 0) is 31.9 Å². The number of hydrogen-bond donors (Lipinski definition) is 3. The molecule has 0 saturated carbocycles. The molecule has 3 N–H and O–H groups in total. The zero-order valence-corrected chi connectivity index (χ0v) is 16.8. The average Bonchev–Trinajstić information content (AvgIpc) is 3.25. The van der Waals surface area contributed by atoms with E-state index in [2.05, 4.69) is 28.6 Å². The summed E-state index contributed by atoms with van der Waals surface area (Å²) in [5.41, 5.74) is 7.92. The Kier molecular flexibility index (Phi) is 5.02. The molecule has 0 aliphatic carbocycles. The number of thiol groups is 1. The van der Waals surface area contributed by atoms with Crippen LogP contribution < -0.4 is 15.4 Å². The molecule has 1 saturated heterocycles. The summed E-state index contributed by atoms with van der Waals surface area (Å²) >= 11 is 5.73. The van der Waals surface area contributed by atoms with Crippen molar-refractivity contribution in [1.82, 2.24) is 14.6 Å². The van der Waals surface area contributed by atoms with Crippen LogP contribution in [0.1, 0.15) is 18.4 Å². The minimum Gasteiger partial charge on any atom is -0.483 e. The van der Waals surface area contributed by atoms with Crippen molar-refractivity contribution in [3.63, 3.8) is 0 Å². The average molecular weight is 406 g/mol. The van der Waals surface area contributed by atoms with Crippen LogP contribution in [0.15, 0.2) is 24.4 Å². The number of fused-ring (bicyclic) bond motifs is 1. The molecule has 0 amide bonds. The van der Waals surface area contributed by atoms with E-state index < -0.39 is 5.60 Å². The molecule has 3 heterocycles. The summed E-state index contributed by atoms with van der Waals surface area (Å²) in [6, 6.07) is 6.04. The van der Waals surface area contributed by atoms with Crippen LogP contribution in [0.2, 0.25) is 0 Å². The number of imidazole rings is 1. The largest absolute Gasteiger partial charge is 0.483 e. The fourth-order valence-corrected chi connectivity index (χ4v) is 4.42. The molecule has 1 fully saturated rings. The number of hydrogen-bond acceptors (Lipinski definition) is 8. The summed E-state index contributed by atoms with van der Waals surface area (Å²) in [5.74, 6) is 1.07. The maximum absolute atomic E-state index is 10.3. The van der Waals surface area contributed by atoms with Crippen LogP contribution >= 0.6 is 24.0 Å². The number of benzene rings is 1. The fraction of sp³-hybridized carbons (Fsp3) is 0.444. The number of nitrogens with two attached hydrogens (primary N) is 1. The van der Waals surface area contributed by atoms with Gasteiger partial charge in [0.1, 0.15) is 11.7 Å². The van der Waals surface area contributed by atoms with Crippen LogP contribution in [0.5, 0.6) is 5.75 Å². The Hall–Kier alpha value is -1.81. The lowest BCUT2D eigenvalue weighted by Gasteiger charge is -2.37. The first-order valence-electron chi connectivity index (χ1n) is 8.90. The van der Waals surface area contributed by atoms with E-state index in [1.165, 1.54) is 0 Å². The van der Waals surface area contributed by atoms with Crippen molar-refractivity contribution in [1.29, 1.82) is 0 Å². The van der Waals surface area contributed by atoms with Gasteiger partial charge in [-0.3, -0.25) is 0 Å². The van der Waals surface area contributed by atoms with Crippen LogP contribution in [-0.2, 0) is 0 Å². The summed E-state index contributed by atoms with van der Waals surface area (Å²) < 4.78 is 7.54. The molecule has 0 atom stereocenters. The van der Waals surface area contributed by atoms with Gasteiger partial charge in [-0.15, -0.1) is 17.7 Å². The normalized spacial score (nSPS) is 16.8. The quantitative estimate of drug-likeness (QED) is 0.446. The van der Waals surface area contributed by atoms with Gasteiger partial charge < -0.3 is 20.5 Å². The zero-order chi connectivity index (χ0) is 19.0. The van der Waals surface area contributed by atoms with E-state index in [1.54, 1.807) is 11.3 Å². The summed E-state index contributed by atoms with van der Waals surface area (Å²) in [5, 5.41) is 16.0. The molecule has 3 aromatic rings. The molecular formula is C18H23N5O2S2. The van der Waals surface area contributed by atoms with Crippen molar-refractivity contribution < 1.29 is 9.84 Å². The lowest BCUT2D eigenvalue weighted by Crippen LogP contribution is -2.48. The molecule has 0 unspecified atom stereocenters. The van der Waals surface area contributed by atoms with Crippen molar-refractivity contribution in [3.8, 4) is 17.0 Å². The molecular weight excluding hydrogens is 382 g/mol. The topological polar surface area (TPSA) is 88.9 Å². The van der Waals surface area contributed by atoms with Crippen LogP contribution in [0.4, 0.5) is 5.13 Å². The number of anilines is 1. The standard InChI is InChI=1S/C18H23N5O2S2/c1-12-2-3-15(25-11-26)13(8-12)14-9-20-16-23(14)21-17(27-16)22-6-4-18(24,10-19)5-7-22/h2-3,8-9,24,26H,4-7,10-11,19H2,1H3. The summed E-state index contributed by atoms with van der Waals surface area (Å²) in [6.45, 7) is 3.81. The zero-order valence-electron chi connectivity index (χ0n) is 15.1. The lowest BCUT2D eigenvalue weighted by molar-refractivity contribution is 0.0249. The van der Waals surface area contributed by atoms with Gasteiger partial charge in [0, 0.05) is 25.2 Å². The van der Waals surface area contributed by atoms with E-state index in [4.69, 9.17) is 15.6 Å². The highest BCUT2D eigenvalue weighted by Gasteiger charge is 2.32. The number of aryl methyl sites for hydroxylation is 1. The minimum absolute atomic E-state index is 0.299. The second kappa shape index (κ2) is 7.31. The minimum atomic E-state index is -0.750. The van der Waals surface area contributed by atoms with E-state index in [9.17, 15) is 5.11 Å². The highest BCUT2D eigenvalue weighted by atomic mass is 32.1. The Morgan fingerprint density at radius 3 is 2.85 bits per heavy atom. The van der Waals surface area contributed by atoms with Gasteiger partial charge in [-0.1, -0.05) is 23.0 Å². The predicted octanol–water partition coefficient (Wildman–Crippen LogP) is 2.32. The first-order valence-corrected chi connectivity index (χ1v) is 10.3. The third kappa shape index (κ3) is 3.52. The van der Waals surface area contributed by atoms with Crippen molar-refractivity contribution >= 4 is 34.1 Å². The highest BCUT2D eigenvalue weighted by Crippen LogP contribution is 2.35. The number of nitrogens with zero attached hydrogens (tertiary/aromatic N) is 4. The Labute approximate surface area is 167 Å². The smallest absolute Gasteiger partial charge is 0.214 e. The third-order valence-corrected chi connectivity index (χ3v) is 6.16. The number of ether oxygens (including phenoxy) is 1. The van der Waals surface area contributed by atoms with Crippen LogP contribution in [0.25, 0.3) is 16.2 Å². The van der Waals surface area contributed by atoms with Gasteiger partial charge in [0.2, 0.25) is 10.1 Å². The number of piperidine rings is 1. The molecule has 0 spiro atoms. The highest BCUT2D eigenvalue weighted by molar-refractivity contribution is 7.80. The lowest BCUT2D eigenvalue weighted by atomic mass is 9.92. The van der Waals surface area contributed by atoms with Crippen LogP contribution in [0, 0.1) is 6.92 Å². The summed E-state index contributed by atoms with van der Waals surface area (Å²) in [6.07, 6.45) is 3.12. The van der Waals surface area contributed by atoms with Gasteiger partial charge in [0.25, 0.3) is 0 Å². The van der Waals surface area contributed by atoms with E-state index in [-0.39, 0.29) is 0 Å². The first-order chi connectivity index (χ1) is 13.0. The predicted molar refractivity (Wildman–Crippen MR) is 111 cm³/mol. The van der Waals surface area contributed by atoms with Gasteiger partial charge in [0.15, 0.2) is 0 Å². The molecule has 2 aromatic heterocycles. The van der Waals surface area contributed by atoms with E-state index >= 15 is 0 Å². The van der Waals surface area contributed by atoms with Crippen LogP contribution in [0.3, 0.4) is 0 Å². The molecule has 0 bridgehead atoms. The van der Waals surface area contributed by atoms with Gasteiger partial charge in [-0.25, -0.2) is 9.50 Å². The first kappa shape index (κ1) is 18.5. The second-order valence-electron chi connectivity index (χ2n) is 6.91. The van der Waals surface area contributed by atoms with Crippen molar-refractivity contribution in [2.45, 2.75) is 25.4 Å². The van der Waals surface area contributed by atoms with E-state index in [1.807, 2.05) is 29.8 Å². The Morgan fingerprint density at radius 2 is 2.15 bits per heavy atom. The van der Waals surface area contributed by atoms with Crippen LogP contribution in [-0.4, -0.2) is 50.9 Å². The van der Waals surface area contributed by atoms with Crippen molar-refractivity contribution in [2.75, 3.05) is 30.5 Å². The molecule has 144 valence electrons. The van der Waals surface area contributed by atoms with Gasteiger partial charge in [-0.2, -0.15) is 0 Å². The SMILES string of the molecule is Cc1ccc(OCS)c(-c2cnc3sc(N4CCC(O)(CN)CC4)nn23)c1. The molecule has 1 aromatic carbocycles. The van der Waals surface area contributed by atoms with E-state index in [0.29, 0.717) is 25.3 Å². The van der Waals surface area contributed by atoms with Gasteiger partial charge >= 0.3 is 0 Å². The maximum Gasteiger partial charge on any atom is 0.214 e. The fourth-order valence-electron chi connectivity index (χ4n) is 3.35. The summed E-state index contributed by atoms with van der Waals surface area (Å²) in [7, 11) is 0. The molecule has 9 heteroatoms. The molecule has 1 aliphatic heterocycles. The third-order valence-electron chi connectivity index (χ3n) is 5.05. The monoisotopic (exact) mass is 405 g/mol. The molecule has 4 rings (SSSR count). The Morgan fingerprint density at radius 1 is 1.37 bits per heavy atom. The van der Waals surface area contributed by atoms with Crippen molar-refractivity contribution in [3.05, 3.63) is 30.0 Å². The second-order valence-corrected chi connectivity index (χ2v) is 8.10. The van der Waals surface area contributed by atoms with Crippen molar-refractivity contribution in [2.24, 2.45) is 5.73 Å². The maximum atomic E-state index is 10.3. The van der Waals surface area contributed by atoms with E-state index in [0.717, 1.165) is 45.8 Å². The molecule has 1 aliphatic rings. The summed E-state index contributed by atoms with van der Waals surface area (Å²) in [4.78, 5) is 7.56. The molecule has 0 radical (unpaired) electrons. The number of rotatable bonds is 5. The molecule has 27 heavy (non-hydrogen) atoms. The Balaban J connectivity index is 1.67. The molecule has 7 nitrogen and oxygen atoms in total. The number of aromatic nitrogens is 3. The number of aliphatic hydroxyl groups is 1. The van der Waals surface area contributed by atoms with Gasteiger partial charge in [0.05, 0.1) is 17.5 Å². The Bertz CT molecular complexity index is 947.